The first kappa shape index (κ1) is 16.8. The number of hydrogen-bond donors (Lipinski definition) is 1. The Balaban J connectivity index is 2.59. The number of benzene rings is 1. The van der Waals surface area contributed by atoms with Crippen LogP contribution in [-0.2, 0) is 15.7 Å². The molecule has 0 heterocycles. The minimum absolute atomic E-state index is 0.00395. The van der Waals surface area contributed by atoms with Gasteiger partial charge in [-0.1, -0.05) is 15.9 Å². The fourth-order valence-electron chi connectivity index (χ4n) is 1.60. The van der Waals surface area contributed by atoms with E-state index in [1.165, 1.54) is 12.1 Å². The van der Waals surface area contributed by atoms with Gasteiger partial charge in [-0.2, -0.15) is 13.2 Å². The zero-order valence-corrected chi connectivity index (χ0v) is 12.5. The van der Waals surface area contributed by atoms with Crippen molar-refractivity contribution in [2.75, 3.05) is 18.5 Å². The van der Waals surface area contributed by atoms with Crippen LogP contribution in [0, 0.1) is 0 Å². The lowest BCUT2D eigenvalue weighted by atomic mass is 10.1. The third-order valence-electron chi connectivity index (χ3n) is 2.47. The molecule has 3 nitrogen and oxygen atoms in total. The van der Waals surface area contributed by atoms with Crippen LogP contribution in [0.5, 0.6) is 0 Å². The van der Waals surface area contributed by atoms with E-state index >= 15 is 0 Å². The normalized spacial score (nSPS) is 11.2. The van der Waals surface area contributed by atoms with Crippen LogP contribution < -0.4 is 5.32 Å². The van der Waals surface area contributed by atoms with Crippen LogP contribution in [-0.4, -0.2) is 19.1 Å². The summed E-state index contributed by atoms with van der Waals surface area (Å²) in [6, 6.07) is 3.72. The standard InChI is InChI=1S/C13H15BrF3NO2/c1-2-20-12(19)4-3-7-18-11-8-9(14)5-6-10(11)13(15,16)17/h5-6,8,18H,2-4,7H2,1H3. The summed E-state index contributed by atoms with van der Waals surface area (Å²) in [5.41, 5.74) is -0.729. The quantitative estimate of drug-likeness (QED) is 0.614. The van der Waals surface area contributed by atoms with Crippen LogP contribution in [0.4, 0.5) is 18.9 Å². The Morgan fingerprint density at radius 2 is 2.10 bits per heavy atom. The van der Waals surface area contributed by atoms with Gasteiger partial charge in [-0.15, -0.1) is 0 Å². The van der Waals surface area contributed by atoms with Gasteiger partial charge in [-0.25, -0.2) is 0 Å². The summed E-state index contributed by atoms with van der Waals surface area (Å²) in [6.07, 6.45) is -3.83. The van der Waals surface area contributed by atoms with E-state index in [4.69, 9.17) is 4.74 Å². The van der Waals surface area contributed by atoms with Gasteiger partial charge >= 0.3 is 12.1 Å². The van der Waals surface area contributed by atoms with E-state index in [1.54, 1.807) is 6.92 Å². The fourth-order valence-corrected chi connectivity index (χ4v) is 1.96. The van der Waals surface area contributed by atoms with Gasteiger partial charge in [0.1, 0.15) is 0 Å². The predicted molar refractivity (Wildman–Crippen MR) is 73.5 cm³/mol. The summed E-state index contributed by atoms with van der Waals surface area (Å²) in [5, 5.41) is 2.70. The molecule has 0 unspecified atom stereocenters. The largest absolute Gasteiger partial charge is 0.466 e. The Labute approximate surface area is 123 Å². The molecule has 0 aliphatic carbocycles. The van der Waals surface area contributed by atoms with Crippen LogP contribution in [0.2, 0.25) is 0 Å². The lowest BCUT2D eigenvalue weighted by Crippen LogP contribution is -2.13. The summed E-state index contributed by atoms with van der Waals surface area (Å²) in [7, 11) is 0. The van der Waals surface area contributed by atoms with Crippen LogP contribution in [0.15, 0.2) is 22.7 Å². The van der Waals surface area contributed by atoms with Gasteiger partial charge in [-0.3, -0.25) is 4.79 Å². The second-order valence-corrected chi connectivity index (χ2v) is 4.94. The highest BCUT2D eigenvalue weighted by molar-refractivity contribution is 9.10. The molecule has 0 aliphatic heterocycles. The molecular weight excluding hydrogens is 339 g/mol. The molecule has 7 heteroatoms. The van der Waals surface area contributed by atoms with Crippen molar-refractivity contribution in [3.63, 3.8) is 0 Å². The molecule has 112 valence electrons. The second-order valence-electron chi connectivity index (χ2n) is 4.02. The number of esters is 1. The molecule has 0 saturated carbocycles. The van der Waals surface area contributed by atoms with E-state index in [0.717, 1.165) is 6.07 Å². The molecule has 0 fully saturated rings. The number of carbonyl (C=O) groups excluding carboxylic acids is 1. The van der Waals surface area contributed by atoms with Crippen LogP contribution in [0.25, 0.3) is 0 Å². The van der Waals surface area contributed by atoms with Crippen molar-refractivity contribution in [3.05, 3.63) is 28.2 Å². The Hall–Kier alpha value is -1.24. The molecule has 1 N–H and O–H groups in total. The molecule has 0 aromatic heterocycles. The highest BCUT2D eigenvalue weighted by atomic mass is 79.9. The molecule has 0 radical (unpaired) electrons. The van der Waals surface area contributed by atoms with Crippen molar-refractivity contribution >= 4 is 27.6 Å². The van der Waals surface area contributed by atoms with Gasteiger partial charge in [0.05, 0.1) is 12.2 Å². The van der Waals surface area contributed by atoms with Crippen molar-refractivity contribution in [1.29, 1.82) is 0 Å². The predicted octanol–water partition coefficient (Wildman–Crippen LogP) is 4.22. The van der Waals surface area contributed by atoms with Crippen molar-refractivity contribution in [2.24, 2.45) is 0 Å². The number of carbonyl (C=O) groups is 1. The summed E-state index contributed by atoms with van der Waals surface area (Å²) >= 11 is 3.13. The minimum Gasteiger partial charge on any atom is -0.466 e. The summed E-state index contributed by atoms with van der Waals surface area (Å²) in [5.74, 6) is -0.348. The van der Waals surface area contributed by atoms with E-state index in [2.05, 4.69) is 21.2 Å². The number of alkyl halides is 3. The smallest absolute Gasteiger partial charge is 0.418 e. The SMILES string of the molecule is CCOC(=O)CCCNc1cc(Br)ccc1C(F)(F)F. The summed E-state index contributed by atoms with van der Waals surface area (Å²) < 4.78 is 43.7. The fraction of sp³-hybridized carbons (Fsp3) is 0.462. The summed E-state index contributed by atoms with van der Waals surface area (Å²) in [4.78, 5) is 11.1. The maximum Gasteiger partial charge on any atom is 0.418 e. The van der Waals surface area contributed by atoms with Crippen molar-refractivity contribution in [3.8, 4) is 0 Å². The molecule has 1 aromatic rings. The highest BCUT2D eigenvalue weighted by Gasteiger charge is 2.33. The molecular formula is C13H15BrF3NO2. The molecule has 0 saturated heterocycles. The molecule has 0 bridgehead atoms. The Morgan fingerprint density at radius 3 is 2.70 bits per heavy atom. The first-order valence-corrected chi connectivity index (χ1v) is 6.90. The van der Waals surface area contributed by atoms with Gasteiger partial charge in [-0.05, 0) is 31.5 Å². The number of nitrogens with one attached hydrogen (secondary N) is 1. The Morgan fingerprint density at radius 1 is 1.40 bits per heavy atom. The number of hydrogen-bond acceptors (Lipinski definition) is 3. The molecule has 0 aliphatic rings. The molecule has 1 rings (SSSR count). The van der Waals surface area contributed by atoms with Gasteiger partial charge < -0.3 is 10.1 Å². The van der Waals surface area contributed by atoms with Crippen LogP contribution in [0.1, 0.15) is 25.3 Å². The van der Waals surface area contributed by atoms with Crippen LogP contribution >= 0.6 is 15.9 Å². The maximum absolute atomic E-state index is 12.8. The third kappa shape index (κ3) is 5.40. The molecule has 20 heavy (non-hydrogen) atoms. The average molecular weight is 354 g/mol. The van der Waals surface area contributed by atoms with E-state index in [-0.39, 0.29) is 24.6 Å². The van der Waals surface area contributed by atoms with Gasteiger partial charge in [0, 0.05) is 23.1 Å². The first-order chi connectivity index (χ1) is 9.34. The van der Waals surface area contributed by atoms with Crippen molar-refractivity contribution in [1.82, 2.24) is 0 Å². The minimum atomic E-state index is -4.41. The Bertz CT molecular complexity index is 463. The van der Waals surface area contributed by atoms with Crippen LogP contribution in [0.3, 0.4) is 0 Å². The number of rotatable bonds is 6. The van der Waals surface area contributed by atoms with E-state index in [1.807, 2.05) is 0 Å². The number of ether oxygens (including phenoxy) is 1. The van der Waals surface area contributed by atoms with E-state index in [9.17, 15) is 18.0 Å². The molecule has 0 amide bonds. The first-order valence-electron chi connectivity index (χ1n) is 6.11. The molecule has 1 aromatic carbocycles. The van der Waals surface area contributed by atoms with Gasteiger partial charge in [0.15, 0.2) is 0 Å². The van der Waals surface area contributed by atoms with Gasteiger partial charge in [0.2, 0.25) is 0 Å². The lowest BCUT2D eigenvalue weighted by Gasteiger charge is -2.14. The number of anilines is 1. The average Bonchev–Trinajstić information content (AvgIpc) is 2.33. The topological polar surface area (TPSA) is 38.3 Å². The lowest BCUT2D eigenvalue weighted by molar-refractivity contribution is -0.143. The third-order valence-corrected chi connectivity index (χ3v) is 2.96. The van der Waals surface area contributed by atoms with Crippen molar-refractivity contribution in [2.45, 2.75) is 25.9 Å². The monoisotopic (exact) mass is 353 g/mol. The zero-order valence-electron chi connectivity index (χ0n) is 10.9. The van der Waals surface area contributed by atoms with Gasteiger partial charge in [0.25, 0.3) is 0 Å². The summed E-state index contributed by atoms with van der Waals surface area (Å²) in [6.45, 7) is 2.27. The Kier molecular flexibility index (Phi) is 6.32. The maximum atomic E-state index is 12.8. The van der Waals surface area contributed by atoms with E-state index < -0.39 is 11.7 Å². The highest BCUT2D eigenvalue weighted by Crippen LogP contribution is 2.36. The number of halogens is 4. The molecule has 0 atom stereocenters. The van der Waals surface area contributed by atoms with E-state index in [0.29, 0.717) is 17.5 Å². The molecule has 0 spiro atoms. The second kappa shape index (κ2) is 7.52. The zero-order chi connectivity index (χ0) is 15.2. The van der Waals surface area contributed by atoms with Crippen molar-refractivity contribution < 1.29 is 22.7 Å².